The third-order valence-electron chi connectivity index (χ3n) is 4.15. The summed E-state index contributed by atoms with van der Waals surface area (Å²) >= 11 is 0. The first kappa shape index (κ1) is 14.5. The molecule has 5 heteroatoms. The van der Waals surface area contributed by atoms with E-state index in [4.69, 9.17) is 13.7 Å². The summed E-state index contributed by atoms with van der Waals surface area (Å²) in [6, 6.07) is 13.6. The monoisotopic (exact) mass is 320 g/mol. The van der Waals surface area contributed by atoms with Crippen LogP contribution < -0.4 is 4.74 Å². The number of methoxy groups -OCH3 is 1. The van der Waals surface area contributed by atoms with Crippen LogP contribution in [-0.4, -0.2) is 17.3 Å². The summed E-state index contributed by atoms with van der Waals surface area (Å²) in [4.78, 5) is 4.51. The largest absolute Gasteiger partial charge is 0.497 e. The Balaban J connectivity index is 1.81. The van der Waals surface area contributed by atoms with E-state index in [-0.39, 0.29) is 0 Å². The number of nitrogens with zero attached hydrogens (tertiary/aromatic N) is 2. The lowest BCUT2D eigenvalue weighted by atomic mass is 10.1. The van der Waals surface area contributed by atoms with Gasteiger partial charge in [-0.2, -0.15) is 4.98 Å². The quantitative estimate of drug-likeness (QED) is 0.544. The Morgan fingerprint density at radius 2 is 1.88 bits per heavy atom. The van der Waals surface area contributed by atoms with Gasteiger partial charge < -0.3 is 13.7 Å². The fourth-order valence-corrected chi connectivity index (χ4v) is 2.78. The molecule has 120 valence electrons. The predicted molar refractivity (Wildman–Crippen MR) is 91.0 cm³/mol. The summed E-state index contributed by atoms with van der Waals surface area (Å²) in [5.74, 6) is 2.33. The lowest BCUT2D eigenvalue weighted by Crippen LogP contribution is -1.84. The number of furan rings is 1. The van der Waals surface area contributed by atoms with E-state index in [1.165, 1.54) is 0 Å². The van der Waals surface area contributed by atoms with Gasteiger partial charge in [0.25, 0.3) is 5.89 Å². The van der Waals surface area contributed by atoms with Crippen molar-refractivity contribution in [3.8, 4) is 28.8 Å². The molecule has 0 fully saturated rings. The van der Waals surface area contributed by atoms with Gasteiger partial charge in [-0.05, 0) is 43.7 Å². The van der Waals surface area contributed by atoms with E-state index in [2.05, 4.69) is 10.1 Å². The first-order valence-electron chi connectivity index (χ1n) is 7.64. The number of hydrogen-bond donors (Lipinski definition) is 0. The third kappa shape index (κ3) is 2.25. The second-order valence-electron chi connectivity index (χ2n) is 5.66. The van der Waals surface area contributed by atoms with Crippen molar-refractivity contribution in [3.05, 3.63) is 53.6 Å². The number of rotatable bonds is 3. The maximum absolute atomic E-state index is 5.92. The van der Waals surface area contributed by atoms with Crippen molar-refractivity contribution < 1.29 is 13.7 Å². The van der Waals surface area contributed by atoms with Crippen LogP contribution in [0.1, 0.15) is 11.1 Å². The Kier molecular flexibility index (Phi) is 3.34. The van der Waals surface area contributed by atoms with Gasteiger partial charge in [0.2, 0.25) is 5.82 Å². The van der Waals surface area contributed by atoms with E-state index >= 15 is 0 Å². The van der Waals surface area contributed by atoms with Crippen LogP contribution in [0.15, 0.2) is 51.4 Å². The van der Waals surface area contributed by atoms with Crippen molar-refractivity contribution in [1.29, 1.82) is 0 Å². The molecule has 2 aromatic carbocycles. The molecule has 2 heterocycles. The summed E-state index contributed by atoms with van der Waals surface area (Å²) < 4.78 is 16.6. The molecule has 0 radical (unpaired) electrons. The molecule has 0 aliphatic heterocycles. The fraction of sp³-hybridized carbons (Fsp3) is 0.158. The molecule has 0 saturated carbocycles. The van der Waals surface area contributed by atoms with Gasteiger partial charge in [0.1, 0.15) is 11.3 Å². The van der Waals surface area contributed by atoms with Gasteiger partial charge >= 0.3 is 0 Å². The number of fused-ring (bicyclic) bond motifs is 1. The Bertz CT molecular complexity index is 1030. The molecule has 0 N–H and O–H groups in total. The Morgan fingerprint density at radius 3 is 2.67 bits per heavy atom. The minimum absolute atomic E-state index is 0.445. The lowest BCUT2D eigenvalue weighted by molar-refractivity contribution is 0.415. The molecule has 0 aliphatic carbocycles. The molecule has 2 aromatic heterocycles. The highest BCUT2D eigenvalue weighted by Crippen LogP contribution is 2.34. The minimum Gasteiger partial charge on any atom is -0.497 e. The van der Waals surface area contributed by atoms with Crippen LogP contribution in [0.25, 0.3) is 34.0 Å². The summed E-state index contributed by atoms with van der Waals surface area (Å²) in [6.07, 6.45) is 0. The molecular weight excluding hydrogens is 304 g/mol. The smallest absolute Gasteiger partial charge is 0.258 e. The van der Waals surface area contributed by atoms with Gasteiger partial charge in [0.05, 0.1) is 7.11 Å². The van der Waals surface area contributed by atoms with E-state index in [0.717, 1.165) is 33.4 Å². The second-order valence-corrected chi connectivity index (χ2v) is 5.66. The van der Waals surface area contributed by atoms with Gasteiger partial charge in [-0.3, -0.25) is 0 Å². The third-order valence-corrected chi connectivity index (χ3v) is 4.15. The van der Waals surface area contributed by atoms with Crippen LogP contribution in [0.3, 0.4) is 0 Å². The van der Waals surface area contributed by atoms with Gasteiger partial charge in [0, 0.05) is 16.5 Å². The molecule has 0 saturated heterocycles. The topological polar surface area (TPSA) is 61.3 Å². The van der Waals surface area contributed by atoms with E-state index in [0.29, 0.717) is 17.5 Å². The van der Waals surface area contributed by atoms with Crippen LogP contribution >= 0.6 is 0 Å². The van der Waals surface area contributed by atoms with Crippen molar-refractivity contribution in [1.82, 2.24) is 10.1 Å². The zero-order valence-corrected chi connectivity index (χ0v) is 13.7. The highest BCUT2D eigenvalue weighted by Gasteiger charge is 2.19. The Labute approximate surface area is 138 Å². The lowest BCUT2D eigenvalue weighted by Gasteiger charge is -1.98. The van der Waals surface area contributed by atoms with Crippen LogP contribution in [0.4, 0.5) is 0 Å². The molecule has 24 heavy (non-hydrogen) atoms. The van der Waals surface area contributed by atoms with Crippen molar-refractivity contribution in [2.45, 2.75) is 13.8 Å². The fourth-order valence-electron chi connectivity index (χ4n) is 2.78. The number of ether oxygens (including phenoxy) is 1. The van der Waals surface area contributed by atoms with Crippen molar-refractivity contribution in [2.24, 2.45) is 0 Å². The zero-order chi connectivity index (χ0) is 16.7. The highest BCUT2D eigenvalue weighted by molar-refractivity contribution is 5.87. The average molecular weight is 320 g/mol. The van der Waals surface area contributed by atoms with E-state index < -0.39 is 0 Å². The van der Waals surface area contributed by atoms with Gasteiger partial charge in [-0.15, -0.1) is 0 Å². The Morgan fingerprint density at radius 1 is 1.04 bits per heavy atom. The molecule has 0 aliphatic rings. The summed E-state index contributed by atoms with van der Waals surface area (Å²) in [5.41, 5.74) is 3.73. The molecule has 0 bridgehead atoms. The SMILES string of the molecule is COc1ccc2oc(-c3noc(-c4ccccc4C)n3)c(C)c2c1. The van der Waals surface area contributed by atoms with Crippen LogP contribution in [0.2, 0.25) is 0 Å². The second kappa shape index (κ2) is 5.53. The highest BCUT2D eigenvalue weighted by atomic mass is 16.5. The van der Waals surface area contributed by atoms with Gasteiger partial charge in [-0.1, -0.05) is 23.4 Å². The van der Waals surface area contributed by atoms with E-state index in [1.807, 2.05) is 56.3 Å². The average Bonchev–Trinajstić information content (AvgIpc) is 3.20. The van der Waals surface area contributed by atoms with Crippen LogP contribution in [0.5, 0.6) is 5.75 Å². The zero-order valence-electron chi connectivity index (χ0n) is 13.7. The number of aryl methyl sites for hydroxylation is 2. The normalized spacial score (nSPS) is 11.1. The van der Waals surface area contributed by atoms with Crippen molar-refractivity contribution >= 4 is 11.0 Å². The van der Waals surface area contributed by atoms with E-state index in [1.54, 1.807) is 7.11 Å². The maximum Gasteiger partial charge on any atom is 0.258 e. The Hall–Kier alpha value is -3.08. The molecule has 4 rings (SSSR count). The molecule has 4 aromatic rings. The number of aromatic nitrogens is 2. The van der Waals surface area contributed by atoms with E-state index in [9.17, 15) is 0 Å². The molecule has 0 amide bonds. The molecule has 0 atom stereocenters. The number of benzene rings is 2. The van der Waals surface area contributed by atoms with Crippen molar-refractivity contribution in [2.75, 3.05) is 7.11 Å². The van der Waals surface area contributed by atoms with Crippen molar-refractivity contribution in [3.63, 3.8) is 0 Å². The standard InChI is InChI=1S/C19H16N2O3/c1-11-6-4-5-7-14(11)19-20-18(21-24-19)17-12(2)15-10-13(22-3)8-9-16(15)23-17/h4-10H,1-3H3. The first-order chi connectivity index (χ1) is 11.7. The van der Waals surface area contributed by atoms with Crippen LogP contribution in [-0.2, 0) is 0 Å². The summed E-state index contributed by atoms with van der Waals surface area (Å²) in [7, 11) is 1.64. The minimum atomic E-state index is 0.445. The molecular formula is C19H16N2O3. The summed E-state index contributed by atoms with van der Waals surface area (Å²) in [5, 5.41) is 5.07. The predicted octanol–water partition coefficient (Wildman–Crippen LogP) is 4.78. The first-order valence-corrected chi connectivity index (χ1v) is 7.64. The molecule has 5 nitrogen and oxygen atoms in total. The molecule has 0 spiro atoms. The van der Waals surface area contributed by atoms with Gasteiger partial charge in [0.15, 0.2) is 5.76 Å². The maximum atomic E-state index is 5.92. The van der Waals surface area contributed by atoms with Gasteiger partial charge in [-0.25, -0.2) is 0 Å². The van der Waals surface area contributed by atoms with Crippen LogP contribution in [0, 0.1) is 13.8 Å². The number of hydrogen-bond acceptors (Lipinski definition) is 5. The molecule has 0 unspecified atom stereocenters. The summed E-state index contributed by atoms with van der Waals surface area (Å²) in [6.45, 7) is 3.99.